The average molecular weight is 392 g/mol. The van der Waals surface area contributed by atoms with Crippen LogP contribution in [0.1, 0.15) is 30.4 Å². The van der Waals surface area contributed by atoms with E-state index in [-0.39, 0.29) is 11.8 Å². The van der Waals surface area contributed by atoms with Crippen molar-refractivity contribution in [3.05, 3.63) is 41.6 Å². The number of piperazine rings is 1. The minimum absolute atomic E-state index is 0.238. The van der Waals surface area contributed by atoms with Crippen molar-refractivity contribution in [3.8, 4) is 6.07 Å². The third-order valence-corrected chi connectivity index (χ3v) is 6.33. The molecule has 2 aliphatic heterocycles. The summed E-state index contributed by atoms with van der Waals surface area (Å²) in [6.07, 6.45) is 2.79. The monoisotopic (exact) mass is 391 g/mol. The average Bonchev–Trinajstić information content (AvgIpc) is 2.74. The van der Waals surface area contributed by atoms with Crippen LogP contribution < -0.4 is 0 Å². The summed E-state index contributed by atoms with van der Waals surface area (Å²) in [5, 5.41) is 10.5. The number of piperidine rings is 1. The summed E-state index contributed by atoms with van der Waals surface area (Å²) in [6, 6.07) is 10.2. The number of hydrogen-bond donors (Lipinski definition) is 0. The second-order valence-corrected chi connectivity index (χ2v) is 8.63. The number of carbonyl (C=O) groups is 1. The molecular weight excluding hydrogens is 362 g/mol. The molecular formula is C23H29N5O. The Balaban J connectivity index is 1.53. The number of likely N-dealkylation sites (N-methyl/N-ethyl adjacent to an activating group) is 1. The quantitative estimate of drug-likeness (QED) is 0.803. The number of aromatic nitrogens is 1. The molecule has 0 N–H and O–H groups in total. The van der Waals surface area contributed by atoms with E-state index in [9.17, 15) is 10.1 Å². The number of amides is 1. The number of fused-ring (bicyclic) bond motifs is 1. The highest BCUT2D eigenvalue weighted by atomic mass is 16.2. The second-order valence-electron chi connectivity index (χ2n) is 8.63. The van der Waals surface area contributed by atoms with Crippen molar-refractivity contribution in [1.29, 1.82) is 5.26 Å². The number of pyridine rings is 1. The van der Waals surface area contributed by atoms with Gasteiger partial charge in [0, 0.05) is 56.8 Å². The maximum atomic E-state index is 13.0. The molecule has 4 rings (SSSR count). The summed E-state index contributed by atoms with van der Waals surface area (Å²) in [6.45, 7) is 8.28. The SMILES string of the molecule is CC1CC(c2ccc(C#N)c3ncccc23)CN(C(=O)CN2CCN(C)CC2)C1. The van der Waals surface area contributed by atoms with Gasteiger partial charge in [-0.3, -0.25) is 14.7 Å². The zero-order chi connectivity index (χ0) is 20.4. The molecule has 0 bridgehead atoms. The van der Waals surface area contributed by atoms with Gasteiger partial charge in [0.1, 0.15) is 6.07 Å². The smallest absolute Gasteiger partial charge is 0.236 e. The predicted molar refractivity (Wildman–Crippen MR) is 113 cm³/mol. The van der Waals surface area contributed by atoms with Gasteiger partial charge >= 0.3 is 0 Å². The van der Waals surface area contributed by atoms with E-state index in [1.807, 2.05) is 18.2 Å². The summed E-state index contributed by atoms with van der Waals surface area (Å²) in [5.74, 6) is 0.962. The highest BCUT2D eigenvalue weighted by Crippen LogP contribution is 2.34. The number of benzene rings is 1. The molecule has 2 fully saturated rings. The van der Waals surface area contributed by atoms with E-state index in [1.54, 1.807) is 6.20 Å². The van der Waals surface area contributed by atoms with Crippen LogP contribution >= 0.6 is 0 Å². The van der Waals surface area contributed by atoms with Crippen molar-refractivity contribution < 1.29 is 4.79 Å². The molecule has 2 aliphatic rings. The normalized spacial score (nSPS) is 23.8. The van der Waals surface area contributed by atoms with E-state index in [0.717, 1.165) is 56.6 Å². The van der Waals surface area contributed by atoms with Crippen LogP contribution in [0.4, 0.5) is 0 Å². The van der Waals surface area contributed by atoms with Gasteiger partial charge in [-0.25, -0.2) is 0 Å². The lowest BCUT2D eigenvalue weighted by Crippen LogP contribution is -2.51. The maximum absolute atomic E-state index is 13.0. The van der Waals surface area contributed by atoms with Gasteiger partial charge in [-0.1, -0.05) is 19.1 Å². The molecule has 2 aromatic rings. The molecule has 2 saturated heterocycles. The molecule has 6 heteroatoms. The van der Waals surface area contributed by atoms with Gasteiger partial charge in [0.25, 0.3) is 0 Å². The summed E-state index contributed by atoms with van der Waals surface area (Å²) in [5.41, 5.74) is 2.58. The zero-order valence-corrected chi connectivity index (χ0v) is 17.3. The molecule has 0 spiro atoms. The fourth-order valence-electron chi connectivity index (χ4n) is 4.72. The molecule has 3 heterocycles. The van der Waals surface area contributed by atoms with Gasteiger partial charge in [-0.05, 0) is 37.1 Å². The Kier molecular flexibility index (Phi) is 5.79. The Morgan fingerprint density at radius 2 is 2.00 bits per heavy atom. The molecule has 1 amide bonds. The Morgan fingerprint density at radius 1 is 1.21 bits per heavy atom. The van der Waals surface area contributed by atoms with Crippen LogP contribution in [0.5, 0.6) is 0 Å². The minimum atomic E-state index is 0.238. The lowest BCUT2D eigenvalue weighted by atomic mass is 9.83. The summed E-state index contributed by atoms with van der Waals surface area (Å²) >= 11 is 0. The van der Waals surface area contributed by atoms with Gasteiger partial charge in [0.05, 0.1) is 17.6 Å². The summed E-state index contributed by atoms with van der Waals surface area (Å²) in [4.78, 5) is 24.1. The van der Waals surface area contributed by atoms with Crippen molar-refractivity contribution >= 4 is 16.8 Å². The Labute approximate surface area is 172 Å². The number of carbonyl (C=O) groups excluding carboxylic acids is 1. The zero-order valence-electron chi connectivity index (χ0n) is 17.3. The molecule has 0 saturated carbocycles. The molecule has 0 radical (unpaired) electrons. The highest BCUT2D eigenvalue weighted by molar-refractivity contribution is 5.87. The molecule has 1 aromatic carbocycles. The van der Waals surface area contributed by atoms with E-state index < -0.39 is 0 Å². The highest BCUT2D eigenvalue weighted by Gasteiger charge is 2.31. The second kappa shape index (κ2) is 8.48. The van der Waals surface area contributed by atoms with Gasteiger partial charge in [0.15, 0.2) is 0 Å². The van der Waals surface area contributed by atoms with Gasteiger partial charge in [-0.2, -0.15) is 5.26 Å². The summed E-state index contributed by atoms with van der Waals surface area (Å²) < 4.78 is 0. The number of likely N-dealkylation sites (tertiary alicyclic amines) is 1. The van der Waals surface area contributed by atoms with E-state index >= 15 is 0 Å². The first-order chi connectivity index (χ1) is 14.0. The number of rotatable bonds is 3. The van der Waals surface area contributed by atoms with Gasteiger partial charge in [-0.15, -0.1) is 0 Å². The minimum Gasteiger partial charge on any atom is -0.341 e. The van der Waals surface area contributed by atoms with Crippen molar-refractivity contribution in [3.63, 3.8) is 0 Å². The molecule has 29 heavy (non-hydrogen) atoms. The Hall–Kier alpha value is -2.49. The molecule has 1 aromatic heterocycles. The first-order valence-electron chi connectivity index (χ1n) is 10.5. The number of nitrogens with zero attached hydrogens (tertiary/aromatic N) is 5. The van der Waals surface area contributed by atoms with E-state index in [2.05, 4.69) is 45.8 Å². The van der Waals surface area contributed by atoms with Crippen LogP contribution in [0.25, 0.3) is 10.9 Å². The molecule has 0 aliphatic carbocycles. The van der Waals surface area contributed by atoms with Crippen molar-refractivity contribution in [1.82, 2.24) is 19.7 Å². The lowest BCUT2D eigenvalue weighted by molar-refractivity contribution is -0.134. The van der Waals surface area contributed by atoms with Crippen molar-refractivity contribution in [2.75, 3.05) is 52.9 Å². The first-order valence-corrected chi connectivity index (χ1v) is 10.5. The van der Waals surface area contributed by atoms with E-state index in [1.165, 1.54) is 5.56 Å². The topological polar surface area (TPSA) is 63.5 Å². The third-order valence-electron chi connectivity index (χ3n) is 6.33. The van der Waals surface area contributed by atoms with Crippen LogP contribution in [0.2, 0.25) is 0 Å². The lowest BCUT2D eigenvalue weighted by Gasteiger charge is -2.39. The van der Waals surface area contributed by atoms with Crippen LogP contribution in [-0.4, -0.2) is 78.5 Å². The maximum Gasteiger partial charge on any atom is 0.236 e. The molecule has 2 unspecified atom stereocenters. The Bertz CT molecular complexity index is 929. The van der Waals surface area contributed by atoms with Crippen LogP contribution in [-0.2, 0) is 4.79 Å². The van der Waals surface area contributed by atoms with Crippen LogP contribution in [0.3, 0.4) is 0 Å². The van der Waals surface area contributed by atoms with E-state index in [0.29, 0.717) is 18.0 Å². The predicted octanol–water partition coefficient (Wildman–Crippen LogP) is 2.31. The number of nitriles is 1. The largest absolute Gasteiger partial charge is 0.341 e. The van der Waals surface area contributed by atoms with Crippen LogP contribution in [0, 0.1) is 17.2 Å². The van der Waals surface area contributed by atoms with Gasteiger partial charge < -0.3 is 9.80 Å². The molecule has 152 valence electrons. The van der Waals surface area contributed by atoms with Gasteiger partial charge in [0.2, 0.25) is 5.91 Å². The number of hydrogen-bond acceptors (Lipinski definition) is 5. The fourth-order valence-corrected chi connectivity index (χ4v) is 4.72. The third kappa shape index (κ3) is 4.26. The standard InChI is InChI=1S/C23H29N5O/c1-17-12-19(20-6-5-18(13-24)23-21(20)4-3-7-25-23)15-28(14-17)22(29)16-27-10-8-26(2)9-11-27/h3-7,17,19H,8-12,14-16H2,1-2H3. The summed E-state index contributed by atoms with van der Waals surface area (Å²) in [7, 11) is 2.13. The van der Waals surface area contributed by atoms with E-state index in [4.69, 9.17) is 0 Å². The van der Waals surface area contributed by atoms with Crippen LogP contribution in [0.15, 0.2) is 30.5 Å². The fraction of sp³-hybridized carbons (Fsp3) is 0.522. The first kappa shape index (κ1) is 19.8. The molecule has 2 atom stereocenters. The van der Waals surface area contributed by atoms with Crippen molar-refractivity contribution in [2.45, 2.75) is 19.3 Å². The van der Waals surface area contributed by atoms with Crippen molar-refractivity contribution in [2.24, 2.45) is 5.92 Å². The Morgan fingerprint density at radius 3 is 2.76 bits per heavy atom. The molecule has 6 nitrogen and oxygen atoms in total.